The second-order valence-corrected chi connectivity index (χ2v) is 14.2. The van der Waals surface area contributed by atoms with Crippen molar-refractivity contribution >= 4 is 23.0 Å². The normalized spacial score (nSPS) is 20.0. The first kappa shape index (κ1) is 31.1. The van der Waals surface area contributed by atoms with Gasteiger partial charge in [-0.25, -0.2) is 22.5 Å². The molecule has 2 aliphatic rings. The van der Waals surface area contributed by atoms with Crippen molar-refractivity contribution in [3.05, 3.63) is 71.3 Å². The Hall–Kier alpha value is -2.85. The third-order valence-electron chi connectivity index (χ3n) is 8.09. The Bertz CT molecular complexity index is 1230. The number of benzene rings is 2. The van der Waals surface area contributed by atoms with Gasteiger partial charge in [0.2, 0.25) is 11.8 Å². The maximum Gasteiger partial charge on any atom is 0.410 e. The highest BCUT2D eigenvalue weighted by molar-refractivity contribution is 7.84. The lowest BCUT2D eigenvalue weighted by atomic mass is 9.72. The predicted molar refractivity (Wildman–Crippen MR) is 155 cm³/mol. The van der Waals surface area contributed by atoms with Crippen molar-refractivity contribution in [2.45, 2.75) is 95.2 Å². The third-order valence-corrected chi connectivity index (χ3v) is 9.77. The van der Waals surface area contributed by atoms with Crippen molar-refractivity contribution in [1.29, 1.82) is 0 Å². The minimum absolute atomic E-state index is 0.121. The maximum absolute atomic E-state index is 14.4. The minimum atomic E-state index is -2.78. The van der Waals surface area contributed by atoms with Gasteiger partial charge in [0.1, 0.15) is 6.61 Å². The monoisotopic (exact) mass is 589 g/mol. The summed E-state index contributed by atoms with van der Waals surface area (Å²) >= 11 is 0. The number of likely N-dealkylation sites (tertiary alicyclic amines) is 1. The summed E-state index contributed by atoms with van der Waals surface area (Å²) in [6.07, 6.45) is -0.866. The number of nitrogens with zero attached hydrogens (tertiary/aromatic N) is 2. The van der Waals surface area contributed by atoms with Gasteiger partial charge in [0.05, 0.1) is 27.3 Å². The highest BCUT2D eigenvalue weighted by Gasteiger charge is 2.52. The molecule has 1 aliphatic carbocycles. The Morgan fingerprint density at radius 1 is 1.05 bits per heavy atom. The van der Waals surface area contributed by atoms with E-state index in [-0.39, 0.29) is 63.4 Å². The van der Waals surface area contributed by atoms with Crippen molar-refractivity contribution in [2.75, 3.05) is 13.1 Å². The van der Waals surface area contributed by atoms with Crippen LogP contribution in [-0.4, -0.2) is 55.8 Å². The largest absolute Gasteiger partial charge is 0.445 e. The summed E-state index contributed by atoms with van der Waals surface area (Å²) in [4.78, 5) is 29.1. The Morgan fingerprint density at radius 3 is 2.17 bits per heavy atom. The van der Waals surface area contributed by atoms with Crippen LogP contribution in [0.25, 0.3) is 0 Å². The highest BCUT2D eigenvalue weighted by atomic mass is 32.2. The number of nitrogens with one attached hydrogen (secondary N) is 1. The predicted octanol–water partition coefficient (Wildman–Crippen LogP) is 6.07. The van der Waals surface area contributed by atoms with Crippen LogP contribution in [0.4, 0.5) is 13.6 Å². The van der Waals surface area contributed by atoms with Crippen molar-refractivity contribution in [2.24, 2.45) is 0 Å². The van der Waals surface area contributed by atoms with Gasteiger partial charge in [-0.1, -0.05) is 54.6 Å². The summed E-state index contributed by atoms with van der Waals surface area (Å²) in [5.41, 5.74) is 1.67. The van der Waals surface area contributed by atoms with Crippen molar-refractivity contribution in [3.63, 3.8) is 0 Å². The molecule has 2 atom stereocenters. The standard InChI is InChI=1S/C31H41F2N3O4S/c1-22(34-41(39)29(3,4)5)25-11-13-26(14-12-25)30(15-17-31(32,33)18-16-30)36(23(2)37)27-19-35(20-27)28(38)40-21-24-9-7-6-8-10-24/h6-14,22,27,34H,15-21H2,1-5H3/t22-,41-/m0/s1. The molecular weight excluding hydrogens is 548 g/mol. The van der Waals surface area contributed by atoms with Gasteiger partial charge in [-0.2, -0.15) is 0 Å². The molecule has 4 rings (SSSR count). The lowest BCUT2D eigenvalue weighted by molar-refractivity contribution is -0.155. The van der Waals surface area contributed by atoms with Crippen LogP contribution in [0.2, 0.25) is 0 Å². The summed E-state index contributed by atoms with van der Waals surface area (Å²) in [6, 6.07) is 16.5. The SMILES string of the molecule is CC(=O)N(C1CN(C(=O)OCc2ccccc2)C1)C1(c2ccc([C@H](C)N[S@@](=O)C(C)(C)C)cc2)CCC(F)(F)CC1. The average Bonchev–Trinajstić information content (AvgIpc) is 2.89. The lowest BCUT2D eigenvalue weighted by Crippen LogP contribution is -2.67. The molecule has 224 valence electrons. The molecule has 10 heteroatoms. The van der Waals surface area contributed by atoms with Crippen LogP contribution in [0.15, 0.2) is 54.6 Å². The van der Waals surface area contributed by atoms with Crippen molar-refractivity contribution in [1.82, 2.24) is 14.5 Å². The number of amides is 2. The van der Waals surface area contributed by atoms with Crippen molar-refractivity contribution < 1.29 is 27.3 Å². The van der Waals surface area contributed by atoms with E-state index in [2.05, 4.69) is 4.72 Å². The number of rotatable bonds is 8. The fraction of sp³-hybridized carbons (Fsp3) is 0.548. The van der Waals surface area contributed by atoms with Crippen LogP contribution < -0.4 is 4.72 Å². The zero-order valence-corrected chi connectivity index (χ0v) is 25.3. The fourth-order valence-electron chi connectivity index (χ4n) is 5.67. The number of hydrogen-bond acceptors (Lipinski definition) is 4. The van der Waals surface area contributed by atoms with Gasteiger partial charge in [0.25, 0.3) is 0 Å². The summed E-state index contributed by atoms with van der Waals surface area (Å²) < 4.78 is 49.5. The van der Waals surface area contributed by atoms with Crippen LogP contribution in [0, 0.1) is 0 Å². The Labute approximate surface area is 244 Å². The molecule has 2 amide bonds. The van der Waals surface area contributed by atoms with Gasteiger partial charge in [-0.3, -0.25) is 4.79 Å². The molecule has 2 aromatic carbocycles. The van der Waals surface area contributed by atoms with E-state index in [1.165, 1.54) is 6.92 Å². The molecule has 2 fully saturated rings. The van der Waals surface area contributed by atoms with E-state index in [0.29, 0.717) is 0 Å². The van der Waals surface area contributed by atoms with Gasteiger partial charge < -0.3 is 14.5 Å². The summed E-state index contributed by atoms with van der Waals surface area (Å²) in [7, 11) is -1.26. The summed E-state index contributed by atoms with van der Waals surface area (Å²) in [5, 5.41) is 0. The number of carbonyl (C=O) groups is 2. The molecule has 41 heavy (non-hydrogen) atoms. The van der Waals surface area contributed by atoms with E-state index in [0.717, 1.165) is 16.7 Å². The quantitative estimate of drug-likeness (QED) is 0.405. The number of alkyl halides is 2. The van der Waals surface area contributed by atoms with Gasteiger partial charge in [0.15, 0.2) is 0 Å². The highest BCUT2D eigenvalue weighted by Crippen LogP contribution is 2.49. The maximum atomic E-state index is 14.4. The molecule has 1 saturated carbocycles. The zero-order chi connectivity index (χ0) is 30.0. The second-order valence-electron chi connectivity index (χ2n) is 12.2. The van der Waals surface area contributed by atoms with E-state index in [1.807, 2.05) is 82.3 Å². The van der Waals surface area contributed by atoms with Crippen LogP contribution in [0.3, 0.4) is 0 Å². The lowest BCUT2D eigenvalue weighted by Gasteiger charge is -2.55. The van der Waals surface area contributed by atoms with E-state index in [9.17, 15) is 22.6 Å². The van der Waals surface area contributed by atoms with E-state index in [4.69, 9.17) is 4.74 Å². The first-order valence-electron chi connectivity index (χ1n) is 14.1. The second kappa shape index (κ2) is 12.2. The molecule has 0 bridgehead atoms. The number of hydrogen-bond donors (Lipinski definition) is 1. The smallest absolute Gasteiger partial charge is 0.410 e. The number of ether oxygens (including phenoxy) is 1. The van der Waals surface area contributed by atoms with Crippen LogP contribution >= 0.6 is 0 Å². The first-order valence-corrected chi connectivity index (χ1v) is 15.3. The number of halogens is 2. The topological polar surface area (TPSA) is 79.0 Å². The summed E-state index contributed by atoms with van der Waals surface area (Å²) in [6.45, 7) is 9.80. The minimum Gasteiger partial charge on any atom is -0.445 e. The van der Waals surface area contributed by atoms with Crippen LogP contribution in [-0.2, 0) is 32.7 Å². The zero-order valence-electron chi connectivity index (χ0n) is 24.5. The van der Waals surface area contributed by atoms with E-state index < -0.39 is 33.3 Å². The molecule has 0 spiro atoms. The molecular formula is C31H41F2N3O4S. The molecule has 1 aliphatic heterocycles. The number of carbonyl (C=O) groups excluding carboxylic acids is 2. The molecule has 1 heterocycles. The summed E-state index contributed by atoms with van der Waals surface area (Å²) in [5.74, 6) is -2.99. The van der Waals surface area contributed by atoms with Gasteiger partial charge >= 0.3 is 6.09 Å². The average molecular weight is 590 g/mol. The molecule has 0 radical (unpaired) electrons. The molecule has 1 saturated heterocycles. The molecule has 1 N–H and O–H groups in total. The van der Waals surface area contributed by atoms with Crippen LogP contribution in [0.5, 0.6) is 0 Å². The Kier molecular flexibility index (Phi) is 9.23. The fourth-order valence-corrected chi connectivity index (χ4v) is 6.48. The molecule has 0 aromatic heterocycles. The Balaban J connectivity index is 1.52. The van der Waals surface area contributed by atoms with Gasteiger partial charge in [-0.05, 0) is 57.2 Å². The van der Waals surface area contributed by atoms with Gasteiger partial charge in [-0.15, -0.1) is 0 Å². The first-order chi connectivity index (χ1) is 19.2. The Morgan fingerprint density at radius 2 is 1.63 bits per heavy atom. The van der Waals surface area contributed by atoms with E-state index in [1.54, 1.807) is 9.80 Å². The molecule has 7 nitrogen and oxygen atoms in total. The van der Waals surface area contributed by atoms with Gasteiger partial charge in [0, 0.05) is 38.9 Å². The molecule has 0 unspecified atom stereocenters. The van der Waals surface area contributed by atoms with E-state index >= 15 is 0 Å². The van der Waals surface area contributed by atoms with Crippen molar-refractivity contribution in [3.8, 4) is 0 Å². The molecule has 2 aromatic rings. The third kappa shape index (κ3) is 7.15. The van der Waals surface area contributed by atoms with Crippen LogP contribution in [0.1, 0.15) is 83.0 Å².